The SMILES string of the molecule is Cc1nc([N+](=O)[O-])c(NC[C@H]2COC3(CCCC3)O2)n1C. The van der Waals surface area contributed by atoms with Gasteiger partial charge in [-0.1, -0.05) is 0 Å². The van der Waals surface area contributed by atoms with Crippen molar-refractivity contribution in [2.75, 3.05) is 18.5 Å². The Morgan fingerprint density at radius 1 is 1.52 bits per heavy atom. The van der Waals surface area contributed by atoms with Gasteiger partial charge in [0, 0.05) is 33.4 Å². The molecule has 2 fully saturated rings. The molecule has 0 unspecified atom stereocenters. The van der Waals surface area contributed by atoms with Gasteiger partial charge in [-0.05, 0) is 22.7 Å². The number of ether oxygens (including phenoxy) is 2. The lowest BCUT2D eigenvalue weighted by Crippen LogP contribution is -2.29. The molecule has 2 aliphatic rings. The molecule has 1 N–H and O–H groups in total. The van der Waals surface area contributed by atoms with E-state index >= 15 is 0 Å². The van der Waals surface area contributed by atoms with Gasteiger partial charge >= 0.3 is 5.82 Å². The van der Waals surface area contributed by atoms with Gasteiger partial charge in [-0.3, -0.25) is 4.57 Å². The molecule has 1 aliphatic carbocycles. The Labute approximate surface area is 122 Å². The van der Waals surface area contributed by atoms with Gasteiger partial charge in [0.2, 0.25) is 11.6 Å². The zero-order valence-electron chi connectivity index (χ0n) is 12.3. The average Bonchev–Trinajstić information content (AvgIpc) is 3.13. The summed E-state index contributed by atoms with van der Waals surface area (Å²) in [6.45, 7) is 2.74. The van der Waals surface area contributed by atoms with Crippen LogP contribution in [0.5, 0.6) is 0 Å². The van der Waals surface area contributed by atoms with E-state index in [1.165, 1.54) is 0 Å². The minimum Gasteiger partial charge on any atom is -0.362 e. The summed E-state index contributed by atoms with van der Waals surface area (Å²) in [5, 5.41) is 14.1. The van der Waals surface area contributed by atoms with Gasteiger partial charge < -0.3 is 24.9 Å². The van der Waals surface area contributed by atoms with E-state index in [-0.39, 0.29) is 11.9 Å². The van der Waals surface area contributed by atoms with Crippen LogP contribution in [0.1, 0.15) is 31.5 Å². The lowest BCUT2D eigenvalue weighted by atomic mass is 10.2. The zero-order valence-corrected chi connectivity index (χ0v) is 12.3. The quantitative estimate of drug-likeness (QED) is 0.672. The summed E-state index contributed by atoms with van der Waals surface area (Å²) in [5.74, 6) is 0.457. The summed E-state index contributed by atoms with van der Waals surface area (Å²) in [4.78, 5) is 14.5. The highest BCUT2D eigenvalue weighted by Gasteiger charge is 2.43. The highest BCUT2D eigenvalue weighted by atomic mass is 16.7. The number of aryl methyl sites for hydroxylation is 1. The molecule has 0 radical (unpaired) electrons. The minimum absolute atomic E-state index is 0.0853. The van der Waals surface area contributed by atoms with Crippen LogP contribution >= 0.6 is 0 Å². The monoisotopic (exact) mass is 296 g/mol. The van der Waals surface area contributed by atoms with Crippen molar-refractivity contribution in [2.45, 2.75) is 44.5 Å². The number of nitrogens with zero attached hydrogens (tertiary/aromatic N) is 3. The molecule has 1 saturated carbocycles. The number of anilines is 1. The highest BCUT2D eigenvalue weighted by molar-refractivity contribution is 5.53. The topological polar surface area (TPSA) is 91.5 Å². The Balaban J connectivity index is 1.65. The molecule has 21 heavy (non-hydrogen) atoms. The van der Waals surface area contributed by atoms with Crippen molar-refractivity contribution in [2.24, 2.45) is 7.05 Å². The first-order chi connectivity index (χ1) is 10.0. The van der Waals surface area contributed by atoms with Crippen LogP contribution in [0.2, 0.25) is 0 Å². The van der Waals surface area contributed by atoms with E-state index in [0.717, 1.165) is 25.7 Å². The van der Waals surface area contributed by atoms with Crippen LogP contribution in [0.3, 0.4) is 0 Å². The van der Waals surface area contributed by atoms with Crippen molar-refractivity contribution in [3.8, 4) is 0 Å². The Morgan fingerprint density at radius 2 is 2.24 bits per heavy atom. The van der Waals surface area contributed by atoms with Gasteiger partial charge in [0.1, 0.15) is 6.10 Å². The Morgan fingerprint density at radius 3 is 2.90 bits per heavy atom. The second-order valence-electron chi connectivity index (χ2n) is 5.70. The third-order valence-electron chi connectivity index (χ3n) is 4.25. The van der Waals surface area contributed by atoms with E-state index in [9.17, 15) is 10.1 Å². The van der Waals surface area contributed by atoms with Crippen LogP contribution < -0.4 is 5.32 Å². The lowest BCUT2D eigenvalue weighted by molar-refractivity contribution is -0.388. The summed E-state index contributed by atoms with van der Waals surface area (Å²) in [6, 6.07) is 0. The maximum absolute atomic E-state index is 11.0. The van der Waals surface area contributed by atoms with Gasteiger partial charge in [0.25, 0.3) is 0 Å². The van der Waals surface area contributed by atoms with Crippen molar-refractivity contribution >= 4 is 11.6 Å². The van der Waals surface area contributed by atoms with E-state index in [2.05, 4.69) is 10.3 Å². The normalized spacial score (nSPS) is 23.8. The van der Waals surface area contributed by atoms with Crippen molar-refractivity contribution in [3.05, 3.63) is 15.9 Å². The van der Waals surface area contributed by atoms with Crippen LogP contribution in [0.15, 0.2) is 0 Å². The molecule has 1 spiro atoms. The first-order valence-electron chi connectivity index (χ1n) is 7.24. The van der Waals surface area contributed by atoms with E-state index < -0.39 is 10.7 Å². The first-order valence-corrected chi connectivity index (χ1v) is 7.24. The minimum atomic E-state index is -0.472. The molecule has 8 heteroatoms. The van der Waals surface area contributed by atoms with Gasteiger partial charge in [0.15, 0.2) is 5.79 Å². The third-order valence-corrected chi connectivity index (χ3v) is 4.25. The Kier molecular flexibility index (Phi) is 3.58. The number of hydrogen-bond donors (Lipinski definition) is 1. The van der Waals surface area contributed by atoms with Gasteiger partial charge in [-0.2, -0.15) is 0 Å². The number of hydrogen-bond acceptors (Lipinski definition) is 6. The summed E-state index contributed by atoms with van der Waals surface area (Å²) in [5.41, 5.74) is 0. The largest absolute Gasteiger partial charge is 0.406 e. The lowest BCUT2D eigenvalue weighted by Gasteiger charge is -2.22. The van der Waals surface area contributed by atoms with Gasteiger partial charge in [0.05, 0.1) is 6.61 Å². The maximum atomic E-state index is 11.0. The molecule has 1 aliphatic heterocycles. The summed E-state index contributed by atoms with van der Waals surface area (Å²) >= 11 is 0. The fourth-order valence-corrected chi connectivity index (χ4v) is 3.02. The number of imidazole rings is 1. The Bertz CT molecular complexity index is 551. The van der Waals surface area contributed by atoms with E-state index in [1.54, 1.807) is 18.5 Å². The molecule has 1 saturated heterocycles. The van der Waals surface area contributed by atoms with Crippen molar-refractivity contribution in [1.82, 2.24) is 9.55 Å². The third kappa shape index (κ3) is 2.60. The zero-order chi connectivity index (χ0) is 15.0. The molecule has 116 valence electrons. The molecular weight excluding hydrogens is 276 g/mol. The molecule has 0 bridgehead atoms. The summed E-state index contributed by atoms with van der Waals surface area (Å²) in [7, 11) is 1.75. The van der Waals surface area contributed by atoms with Crippen LogP contribution in [-0.2, 0) is 16.5 Å². The predicted molar refractivity (Wildman–Crippen MR) is 75.1 cm³/mol. The van der Waals surface area contributed by atoms with Crippen LogP contribution in [-0.4, -0.2) is 39.5 Å². The molecule has 1 atom stereocenters. The fourth-order valence-electron chi connectivity index (χ4n) is 3.02. The first kappa shape index (κ1) is 14.3. The summed E-state index contributed by atoms with van der Waals surface area (Å²) in [6.07, 6.45) is 4.06. The highest BCUT2D eigenvalue weighted by Crippen LogP contribution is 2.39. The summed E-state index contributed by atoms with van der Waals surface area (Å²) < 4.78 is 13.5. The molecule has 8 nitrogen and oxygen atoms in total. The standard InChI is InChI=1S/C13H20N4O4/c1-9-15-12(17(18)19)11(16(9)2)14-7-10-8-20-13(21-10)5-3-4-6-13/h10,14H,3-8H2,1-2H3/t10-/m0/s1. The molecule has 0 aromatic carbocycles. The Hall–Kier alpha value is -1.67. The van der Waals surface area contributed by atoms with Crippen LogP contribution in [0.25, 0.3) is 0 Å². The molecule has 0 amide bonds. The number of rotatable bonds is 4. The molecular formula is C13H20N4O4. The van der Waals surface area contributed by atoms with Gasteiger partial charge in [-0.25, -0.2) is 0 Å². The van der Waals surface area contributed by atoms with Crippen molar-refractivity contribution < 1.29 is 14.4 Å². The van der Waals surface area contributed by atoms with E-state index in [4.69, 9.17) is 9.47 Å². The van der Waals surface area contributed by atoms with Crippen molar-refractivity contribution in [3.63, 3.8) is 0 Å². The maximum Gasteiger partial charge on any atom is 0.406 e. The second-order valence-corrected chi connectivity index (χ2v) is 5.70. The average molecular weight is 296 g/mol. The molecule has 1 aromatic rings. The fraction of sp³-hybridized carbons (Fsp3) is 0.769. The van der Waals surface area contributed by atoms with Crippen molar-refractivity contribution in [1.29, 1.82) is 0 Å². The van der Waals surface area contributed by atoms with Gasteiger partial charge in [-0.15, -0.1) is 0 Å². The van der Waals surface area contributed by atoms with Crippen LogP contribution in [0.4, 0.5) is 11.6 Å². The van der Waals surface area contributed by atoms with E-state index in [0.29, 0.717) is 24.8 Å². The van der Waals surface area contributed by atoms with E-state index in [1.807, 2.05) is 0 Å². The molecule has 1 aromatic heterocycles. The van der Waals surface area contributed by atoms with Crippen LogP contribution in [0, 0.1) is 17.0 Å². The smallest absolute Gasteiger partial charge is 0.362 e. The predicted octanol–water partition coefficient (Wildman–Crippen LogP) is 1.73. The second kappa shape index (κ2) is 5.27. The molecule has 3 rings (SSSR count). The number of aromatic nitrogens is 2. The number of nitro groups is 1. The number of nitrogens with one attached hydrogen (secondary N) is 1. The molecule has 2 heterocycles.